The largest absolute Gasteiger partial charge is 0.504 e. The Balaban J connectivity index is 1.62. The maximum Gasteiger partial charge on any atom is 0.203 e. The Kier molecular flexibility index (Phi) is 3.60. The van der Waals surface area contributed by atoms with Crippen LogP contribution >= 0.6 is 0 Å². The molecule has 0 amide bonds. The van der Waals surface area contributed by atoms with Crippen LogP contribution in [0.4, 0.5) is 0 Å². The predicted molar refractivity (Wildman–Crippen MR) is 82.7 cm³/mol. The van der Waals surface area contributed by atoms with E-state index in [0.717, 1.165) is 37.5 Å². The molecule has 1 aliphatic rings. The van der Waals surface area contributed by atoms with Crippen LogP contribution in [0.15, 0.2) is 24.5 Å². The molecular formula is C15H16N6O2. The number of ether oxygens (including phenoxy) is 1. The van der Waals surface area contributed by atoms with E-state index in [1.165, 1.54) is 0 Å². The third kappa shape index (κ3) is 2.73. The second-order valence-corrected chi connectivity index (χ2v) is 5.39. The third-order valence-corrected chi connectivity index (χ3v) is 3.84. The monoisotopic (exact) mass is 312 g/mol. The summed E-state index contributed by atoms with van der Waals surface area (Å²) >= 11 is 0. The second kappa shape index (κ2) is 5.90. The van der Waals surface area contributed by atoms with Gasteiger partial charge in [-0.1, -0.05) is 0 Å². The van der Waals surface area contributed by atoms with Gasteiger partial charge < -0.3 is 9.84 Å². The molecule has 4 heterocycles. The van der Waals surface area contributed by atoms with Gasteiger partial charge in [0.15, 0.2) is 11.4 Å². The Bertz CT molecular complexity index is 828. The predicted octanol–water partition coefficient (Wildman–Crippen LogP) is 0.953. The maximum absolute atomic E-state index is 10.4. The van der Waals surface area contributed by atoms with E-state index >= 15 is 0 Å². The number of aromatic hydroxyl groups is 1. The number of nitrogens with one attached hydrogen (secondary N) is 1. The molecule has 8 nitrogen and oxygen atoms in total. The number of rotatable bonds is 3. The van der Waals surface area contributed by atoms with Crippen molar-refractivity contribution < 1.29 is 9.84 Å². The minimum atomic E-state index is 0.0000208. The van der Waals surface area contributed by atoms with Crippen molar-refractivity contribution >= 4 is 10.9 Å². The van der Waals surface area contributed by atoms with Crippen LogP contribution in [0.5, 0.6) is 5.75 Å². The second-order valence-electron chi connectivity index (χ2n) is 5.39. The summed E-state index contributed by atoms with van der Waals surface area (Å²) in [5.74, 6) is 1.11. The lowest BCUT2D eigenvalue weighted by Crippen LogP contribution is -2.35. The molecule has 0 atom stereocenters. The minimum Gasteiger partial charge on any atom is -0.504 e. The molecule has 0 unspecified atom stereocenters. The summed E-state index contributed by atoms with van der Waals surface area (Å²) in [6.07, 6.45) is 3.29. The smallest absolute Gasteiger partial charge is 0.203 e. The highest BCUT2D eigenvalue weighted by Crippen LogP contribution is 2.30. The third-order valence-electron chi connectivity index (χ3n) is 3.84. The van der Waals surface area contributed by atoms with Crippen LogP contribution in [0.25, 0.3) is 22.4 Å². The van der Waals surface area contributed by atoms with E-state index in [0.29, 0.717) is 23.6 Å². The normalized spacial score (nSPS) is 16.0. The number of pyridine rings is 2. The molecule has 0 aromatic carbocycles. The van der Waals surface area contributed by atoms with Crippen LogP contribution in [0, 0.1) is 0 Å². The summed E-state index contributed by atoms with van der Waals surface area (Å²) in [5, 5.41) is 18.3. The topological polar surface area (TPSA) is 100 Å². The van der Waals surface area contributed by atoms with Crippen molar-refractivity contribution in [3.05, 3.63) is 30.4 Å². The molecule has 3 aromatic rings. The molecule has 118 valence electrons. The summed E-state index contributed by atoms with van der Waals surface area (Å²) in [6.45, 7) is 3.89. The number of H-pyrrole nitrogens is 1. The van der Waals surface area contributed by atoms with Gasteiger partial charge in [-0.05, 0) is 12.1 Å². The summed E-state index contributed by atoms with van der Waals surface area (Å²) in [4.78, 5) is 15.1. The minimum absolute atomic E-state index is 0.0000208. The molecule has 0 bridgehead atoms. The number of hydrogen-bond acceptors (Lipinski definition) is 7. The zero-order valence-corrected chi connectivity index (χ0v) is 12.4. The quantitative estimate of drug-likeness (QED) is 0.742. The van der Waals surface area contributed by atoms with Gasteiger partial charge in [0.25, 0.3) is 0 Å². The first-order chi connectivity index (χ1) is 11.3. The SMILES string of the molecule is Oc1c(-c2n[nH]c(CN3CCOCC3)n2)ncc2cccnc12. The Labute approximate surface area is 132 Å². The average molecular weight is 312 g/mol. The highest BCUT2D eigenvalue weighted by molar-refractivity contribution is 5.88. The Morgan fingerprint density at radius 1 is 1.26 bits per heavy atom. The zero-order valence-electron chi connectivity index (χ0n) is 12.4. The van der Waals surface area contributed by atoms with E-state index in [-0.39, 0.29) is 5.75 Å². The lowest BCUT2D eigenvalue weighted by molar-refractivity contribution is 0.0331. The fraction of sp³-hybridized carbons (Fsp3) is 0.333. The number of fused-ring (bicyclic) bond motifs is 1. The van der Waals surface area contributed by atoms with Crippen molar-refractivity contribution in [1.82, 2.24) is 30.0 Å². The van der Waals surface area contributed by atoms with Gasteiger partial charge in [0.2, 0.25) is 5.82 Å². The molecule has 23 heavy (non-hydrogen) atoms. The van der Waals surface area contributed by atoms with Crippen molar-refractivity contribution in [2.24, 2.45) is 0 Å². The van der Waals surface area contributed by atoms with Gasteiger partial charge in [0.05, 0.1) is 19.8 Å². The Morgan fingerprint density at radius 3 is 3.00 bits per heavy atom. The number of aromatic nitrogens is 5. The van der Waals surface area contributed by atoms with E-state index in [1.807, 2.05) is 6.07 Å². The summed E-state index contributed by atoms with van der Waals surface area (Å²) in [5.41, 5.74) is 0.831. The molecule has 0 saturated carbocycles. The average Bonchev–Trinajstić information content (AvgIpc) is 3.04. The van der Waals surface area contributed by atoms with Crippen LogP contribution in [-0.4, -0.2) is 61.5 Å². The van der Waals surface area contributed by atoms with E-state index in [9.17, 15) is 5.11 Å². The molecule has 8 heteroatoms. The lowest BCUT2D eigenvalue weighted by atomic mass is 10.2. The Morgan fingerprint density at radius 2 is 2.13 bits per heavy atom. The van der Waals surface area contributed by atoms with Gasteiger partial charge in [-0.3, -0.25) is 15.0 Å². The molecule has 0 spiro atoms. The van der Waals surface area contributed by atoms with Crippen molar-refractivity contribution in [3.63, 3.8) is 0 Å². The van der Waals surface area contributed by atoms with Crippen LogP contribution < -0.4 is 0 Å². The van der Waals surface area contributed by atoms with Crippen molar-refractivity contribution in [3.8, 4) is 17.3 Å². The van der Waals surface area contributed by atoms with Crippen LogP contribution in [0.2, 0.25) is 0 Å². The van der Waals surface area contributed by atoms with Gasteiger partial charge in [0, 0.05) is 30.9 Å². The number of aromatic amines is 1. The van der Waals surface area contributed by atoms with Gasteiger partial charge in [0.1, 0.15) is 11.3 Å². The first kappa shape index (κ1) is 14.0. The molecule has 1 fully saturated rings. The van der Waals surface area contributed by atoms with Gasteiger partial charge in [-0.15, -0.1) is 0 Å². The van der Waals surface area contributed by atoms with Crippen LogP contribution in [0.3, 0.4) is 0 Å². The van der Waals surface area contributed by atoms with Crippen molar-refractivity contribution in [2.45, 2.75) is 6.54 Å². The van der Waals surface area contributed by atoms with E-state index in [4.69, 9.17) is 4.74 Å². The Hall–Kier alpha value is -2.58. The van der Waals surface area contributed by atoms with Crippen LogP contribution in [0.1, 0.15) is 5.82 Å². The van der Waals surface area contributed by atoms with E-state index in [1.54, 1.807) is 18.5 Å². The summed E-state index contributed by atoms with van der Waals surface area (Å²) < 4.78 is 5.33. The molecule has 0 aliphatic carbocycles. The molecule has 1 aliphatic heterocycles. The summed E-state index contributed by atoms with van der Waals surface area (Å²) in [7, 11) is 0. The number of nitrogens with zero attached hydrogens (tertiary/aromatic N) is 5. The number of morpholine rings is 1. The molecule has 4 rings (SSSR count). The van der Waals surface area contributed by atoms with Crippen LogP contribution in [-0.2, 0) is 11.3 Å². The molecule has 0 radical (unpaired) electrons. The van der Waals surface area contributed by atoms with E-state index < -0.39 is 0 Å². The van der Waals surface area contributed by atoms with Crippen molar-refractivity contribution in [2.75, 3.05) is 26.3 Å². The van der Waals surface area contributed by atoms with Crippen molar-refractivity contribution in [1.29, 1.82) is 0 Å². The van der Waals surface area contributed by atoms with Gasteiger partial charge >= 0.3 is 0 Å². The van der Waals surface area contributed by atoms with E-state index in [2.05, 4.69) is 30.0 Å². The summed E-state index contributed by atoms with van der Waals surface area (Å²) in [6, 6.07) is 3.65. The fourth-order valence-electron chi connectivity index (χ4n) is 2.63. The molecule has 2 N–H and O–H groups in total. The highest BCUT2D eigenvalue weighted by Gasteiger charge is 2.17. The standard InChI is InChI=1S/C15H16N6O2/c22-14-12-10(2-1-3-16-12)8-17-13(14)15-18-11(19-20-15)9-21-4-6-23-7-5-21/h1-3,8,22H,4-7,9H2,(H,18,19,20). The van der Waals surface area contributed by atoms with Gasteiger partial charge in [-0.2, -0.15) is 5.10 Å². The van der Waals surface area contributed by atoms with Gasteiger partial charge in [-0.25, -0.2) is 9.97 Å². The maximum atomic E-state index is 10.4. The lowest BCUT2D eigenvalue weighted by Gasteiger charge is -2.25. The molecule has 3 aromatic heterocycles. The molecular weight excluding hydrogens is 296 g/mol. The zero-order chi connectivity index (χ0) is 15.6. The highest BCUT2D eigenvalue weighted by atomic mass is 16.5. The first-order valence-corrected chi connectivity index (χ1v) is 7.46. The fourth-order valence-corrected chi connectivity index (χ4v) is 2.63. The molecule has 1 saturated heterocycles. The first-order valence-electron chi connectivity index (χ1n) is 7.46. The number of hydrogen-bond donors (Lipinski definition) is 2.